The minimum Gasteiger partial charge on any atom is -0.417 e. The molecule has 0 aliphatic rings. The SMILES string of the molecule is CCO[B]N(Oc1ccccc1)c1ccccc1. The van der Waals surface area contributed by atoms with Gasteiger partial charge in [0.15, 0.2) is 5.75 Å². The van der Waals surface area contributed by atoms with Crippen molar-refractivity contribution in [1.82, 2.24) is 0 Å². The van der Waals surface area contributed by atoms with Crippen LogP contribution < -0.4 is 9.81 Å². The molecule has 0 fully saturated rings. The molecule has 0 unspecified atom stereocenters. The van der Waals surface area contributed by atoms with E-state index in [1.807, 2.05) is 67.6 Å². The second-order valence-corrected chi connectivity index (χ2v) is 3.63. The first-order valence-corrected chi connectivity index (χ1v) is 5.92. The van der Waals surface area contributed by atoms with Crippen molar-refractivity contribution in [2.45, 2.75) is 6.92 Å². The molecule has 0 bridgehead atoms. The molecule has 2 aromatic rings. The summed E-state index contributed by atoms with van der Waals surface area (Å²) < 4.78 is 5.30. The molecule has 4 heteroatoms. The van der Waals surface area contributed by atoms with E-state index < -0.39 is 0 Å². The predicted molar refractivity (Wildman–Crippen MR) is 73.4 cm³/mol. The Morgan fingerprint density at radius 1 is 0.944 bits per heavy atom. The van der Waals surface area contributed by atoms with Gasteiger partial charge in [-0.15, -0.1) is 0 Å². The minimum atomic E-state index is 0.599. The second kappa shape index (κ2) is 6.72. The van der Waals surface area contributed by atoms with Gasteiger partial charge in [-0.25, -0.2) is 4.97 Å². The van der Waals surface area contributed by atoms with Gasteiger partial charge in [-0.2, -0.15) is 0 Å². The van der Waals surface area contributed by atoms with Crippen LogP contribution in [-0.4, -0.2) is 14.2 Å². The molecule has 0 spiro atoms. The van der Waals surface area contributed by atoms with Gasteiger partial charge in [0.25, 0.3) is 0 Å². The predicted octanol–water partition coefficient (Wildman–Crippen LogP) is 3.06. The molecular formula is C14H15BNO2. The van der Waals surface area contributed by atoms with Crippen molar-refractivity contribution >= 4 is 13.3 Å². The molecule has 0 atom stereocenters. The minimum absolute atomic E-state index is 0.599. The third-order valence-corrected chi connectivity index (χ3v) is 2.29. The van der Waals surface area contributed by atoms with E-state index in [4.69, 9.17) is 9.49 Å². The fourth-order valence-electron chi connectivity index (χ4n) is 1.45. The molecule has 18 heavy (non-hydrogen) atoms. The van der Waals surface area contributed by atoms with Crippen LogP contribution in [-0.2, 0) is 4.65 Å². The Morgan fingerprint density at radius 3 is 2.17 bits per heavy atom. The van der Waals surface area contributed by atoms with Crippen molar-refractivity contribution in [2.75, 3.05) is 11.6 Å². The van der Waals surface area contributed by atoms with Gasteiger partial charge in [-0.3, -0.25) is 0 Å². The largest absolute Gasteiger partial charge is 0.480 e. The van der Waals surface area contributed by atoms with Gasteiger partial charge < -0.3 is 9.49 Å². The summed E-state index contributed by atoms with van der Waals surface area (Å²) >= 11 is 0. The molecule has 1 radical (unpaired) electrons. The molecule has 0 saturated heterocycles. The Kier molecular flexibility index (Phi) is 4.67. The van der Waals surface area contributed by atoms with E-state index in [0.717, 1.165) is 11.4 Å². The molecule has 3 nitrogen and oxygen atoms in total. The normalized spacial score (nSPS) is 9.83. The van der Waals surface area contributed by atoms with Crippen molar-refractivity contribution in [3.8, 4) is 5.75 Å². The number of anilines is 1. The van der Waals surface area contributed by atoms with Crippen LogP contribution in [0.15, 0.2) is 60.7 Å². The Balaban J connectivity index is 2.10. The van der Waals surface area contributed by atoms with Gasteiger partial charge in [0.2, 0.25) is 0 Å². The highest BCUT2D eigenvalue weighted by Crippen LogP contribution is 2.17. The Bertz CT molecular complexity index is 450. The van der Waals surface area contributed by atoms with E-state index in [-0.39, 0.29) is 0 Å². The molecular weight excluding hydrogens is 225 g/mol. The lowest BCUT2D eigenvalue weighted by Gasteiger charge is -2.22. The topological polar surface area (TPSA) is 21.7 Å². The molecule has 0 saturated carbocycles. The van der Waals surface area contributed by atoms with Crippen LogP contribution in [0.5, 0.6) is 5.75 Å². The van der Waals surface area contributed by atoms with E-state index >= 15 is 0 Å². The van der Waals surface area contributed by atoms with Gasteiger partial charge >= 0.3 is 7.62 Å². The van der Waals surface area contributed by atoms with Crippen LogP contribution >= 0.6 is 0 Å². The average molecular weight is 240 g/mol. The Hall–Kier alpha value is -1.94. The Morgan fingerprint density at radius 2 is 1.56 bits per heavy atom. The summed E-state index contributed by atoms with van der Waals surface area (Å²) in [7, 11) is 1.57. The number of hydrogen-bond acceptors (Lipinski definition) is 3. The summed E-state index contributed by atoms with van der Waals surface area (Å²) in [5.41, 5.74) is 0.912. The fraction of sp³-hybridized carbons (Fsp3) is 0.143. The highest BCUT2D eigenvalue weighted by molar-refractivity contribution is 6.33. The van der Waals surface area contributed by atoms with E-state index in [2.05, 4.69) is 0 Å². The summed E-state index contributed by atoms with van der Waals surface area (Å²) in [6.07, 6.45) is 0. The zero-order valence-electron chi connectivity index (χ0n) is 10.3. The first-order chi connectivity index (χ1) is 8.90. The molecule has 2 rings (SSSR count). The highest BCUT2D eigenvalue weighted by atomic mass is 16.7. The third kappa shape index (κ3) is 3.53. The van der Waals surface area contributed by atoms with Crippen LogP contribution in [0, 0.1) is 0 Å². The molecule has 91 valence electrons. The molecule has 0 amide bonds. The first kappa shape index (κ1) is 12.5. The third-order valence-electron chi connectivity index (χ3n) is 2.29. The van der Waals surface area contributed by atoms with Gasteiger partial charge in [-0.05, 0) is 31.2 Å². The molecule has 0 aliphatic carbocycles. The standard InChI is InChI=1S/C14H15BNO2/c1-2-17-15-16(13-9-5-3-6-10-13)18-14-11-7-4-8-12-14/h3-12H,2H2,1H3. The van der Waals surface area contributed by atoms with E-state index in [1.54, 1.807) is 12.6 Å². The van der Waals surface area contributed by atoms with E-state index in [9.17, 15) is 0 Å². The molecule has 0 aromatic heterocycles. The van der Waals surface area contributed by atoms with Crippen molar-refractivity contribution in [3.63, 3.8) is 0 Å². The van der Waals surface area contributed by atoms with Crippen LogP contribution in [0.3, 0.4) is 0 Å². The number of para-hydroxylation sites is 2. The van der Waals surface area contributed by atoms with E-state index in [0.29, 0.717) is 6.61 Å². The quantitative estimate of drug-likeness (QED) is 0.572. The zero-order valence-corrected chi connectivity index (χ0v) is 10.3. The lowest BCUT2D eigenvalue weighted by molar-refractivity contribution is 0.289. The Labute approximate surface area is 108 Å². The summed E-state index contributed by atoms with van der Waals surface area (Å²) in [6, 6.07) is 19.4. The van der Waals surface area contributed by atoms with Gasteiger partial charge in [0.1, 0.15) is 0 Å². The highest BCUT2D eigenvalue weighted by Gasteiger charge is 2.11. The lowest BCUT2D eigenvalue weighted by atomic mass is 10.2. The number of rotatable bonds is 6. The maximum atomic E-state index is 5.76. The zero-order chi connectivity index (χ0) is 12.6. The van der Waals surface area contributed by atoms with Crippen LogP contribution in [0.4, 0.5) is 5.69 Å². The maximum absolute atomic E-state index is 5.76. The van der Waals surface area contributed by atoms with Crippen LogP contribution in [0.25, 0.3) is 0 Å². The fourth-order valence-corrected chi connectivity index (χ4v) is 1.45. The van der Waals surface area contributed by atoms with Crippen molar-refractivity contribution in [1.29, 1.82) is 0 Å². The van der Waals surface area contributed by atoms with Crippen molar-refractivity contribution < 1.29 is 9.49 Å². The monoisotopic (exact) mass is 240 g/mol. The number of nitrogens with zero attached hydrogens (tertiary/aromatic N) is 1. The summed E-state index contributed by atoms with van der Waals surface area (Å²) in [5, 5.41) is 0. The lowest BCUT2D eigenvalue weighted by Crippen LogP contribution is -2.33. The van der Waals surface area contributed by atoms with Gasteiger partial charge in [0, 0.05) is 6.61 Å². The van der Waals surface area contributed by atoms with Gasteiger partial charge in [0.05, 0.1) is 5.69 Å². The molecule has 0 aliphatic heterocycles. The summed E-state index contributed by atoms with van der Waals surface area (Å²) in [5.74, 6) is 0.761. The number of hydrogen-bond donors (Lipinski definition) is 0. The smallest absolute Gasteiger partial charge is 0.417 e. The summed E-state index contributed by atoms with van der Waals surface area (Å²) in [6.45, 7) is 2.53. The van der Waals surface area contributed by atoms with Crippen molar-refractivity contribution in [2.24, 2.45) is 0 Å². The summed E-state index contributed by atoms with van der Waals surface area (Å²) in [4.78, 5) is 7.37. The average Bonchev–Trinajstić information content (AvgIpc) is 2.45. The van der Waals surface area contributed by atoms with Crippen molar-refractivity contribution in [3.05, 3.63) is 60.7 Å². The number of benzene rings is 2. The van der Waals surface area contributed by atoms with E-state index in [1.165, 1.54) is 0 Å². The first-order valence-electron chi connectivity index (χ1n) is 5.92. The van der Waals surface area contributed by atoms with Crippen LogP contribution in [0.2, 0.25) is 0 Å². The van der Waals surface area contributed by atoms with Crippen LogP contribution in [0.1, 0.15) is 6.92 Å². The molecule has 2 aromatic carbocycles. The molecule has 0 heterocycles. The second-order valence-electron chi connectivity index (χ2n) is 3.63. The maximum Gasteiger partial charge on any atom is 0.480 e. The molecule has 0 N–H and O–H groups in total. The van der Waals surface area contributed by atoms with Gasteiger partial charge in [-0.1, -0.05) is 36.4 Å².